The Bertz CT molecular complexity index is 345. The third-order valence-corrected chi connectivity index (χ3v) is 3.61. The van der Waals surface area contributed by atoms with Crippen LogP contribution in [0.3, 0.4) is 0 Å². The van der Waals surface area contributed by atoms with E-state index >= 15 is 0 Å². The monoisotopic (exact) mass is 270 g/mol. The van der Waals surface area contributed by atoms with Gasteiger partial charge in [-0.25, -0.2) is 4.79 Å². The highest BCUT2D eigenvalue weighted by atomic mass is 16.6. The summed E-state index contributed by atoms with van der Waals surface area (Å²) in [4.78, 5) is 14.0. The Labute approximate surface area is 115 Å². The molecule has 1 unspecified atom stereocenters. The van der Waals surface area contributed by atoms with Crippen LogP contribution in [0.2, 0.25) is 0 Å². The number of rotatable bonds is 2. The van der Waals surface area contributed by atoms with Crippen molar-refractivity contribution in [1.29, 1.82) is 0 Å². The van der Waals surface area contributed by atoms with Gasteiger partial charge in [0.2, 0.25) is 0 Å². The van der Waals surface area contributed by atoms with E-state index in [1.165, 1.54) is 0 Å². The molecule has 1 N–H and O–H groups in total. The topological polar surface area (TPSA) is 50.8 Å². The maximum absolute atomic E-state index is 12.2. The van der Waals surface area contributed by atoms with Crippen molar-refractivity contribution in [2.45, 2.75) is 52.3 Å². The minimum absolute atomic E-state index is 0.0845. The van der Waals surface area contributed by atoms with Gasteiger partial charge in [-0.3, -0.25) is 0 Å². The van der Waals surface area contributed by atoms with Gasteiger partial charge in [-0.1, -0.05) is 13.8 Å². The first-order chi connectivity index (χ1) is 8.72. The van der Waals surface area contributed by atoms with E-state index in [1.54, 1.807) is 0 Å². The van der Waals surface area contributed by atoms with Crippen LogP contribution in [0, 0.1) is 5.41 Å². The van der Waals surface area contributed by atoms with Crippen molar-refractivity contribution in [1.82, 2.24) is 10.2 Å². The van der Waals surface area contributed by atoms with Crippen LogP contribution in [0.5, 0.6) is 0 Å². The van der Waals surface area contributed by atoms with Crippen LogP contribution in [-0.2, 0) is 9.47 Å². The minimum Gasteiger partial charge on any atom is -0.444 e. The third-order valence-electron chi connectivity index (χ3n) is 3.61. The zero-order chi connectivity index (χ0) is 14.3. The molecule has 2 aliphatic rings. The van der Waals surface area contributed by atoms with Gasteiger partial charge < -0.3 is 19.7 Å². The summed E-state index contributed by atoms with van der Waals surface area (Å²) in [6.07, 6.45) is -0.216. The first-order valence-electron chi connectivity index (χ1n) is 7.04. The van der Waals surface area contributed by atoms with Crippen molar-refractivity contribution < 1.29 is 14.3 Å². The van der Waals surface area contributed by atoms with Crippen LogP contribution in [0.25, 0.3) is 0 Å². The average molecular weight is 270 g/mol. The minimum atomic E-state index is -0.441. The predicted octanol–water partition coefficient (Wildman–Crippen LogP) is 1.62. The van der Waals surface area contributed by atoms with Gasteiger partial charge in [-0.05, 0) is 20.8 Å². The SMILES string of the molecule is CC(C)NC1CN(C(=O)OC(C)(C)C)CC12COC2. The summed E-state index contributed by atoms with van der Waals surface area (Å²) >= 11 is 0. The van der Waals surface area contributed by atoms with Gasteiger partial charge in [0.25, 0.3) is 0 Å². The van der Waals surface area contributed by atoms with E-state index in [-0.39, 0.29) is 11.5 Å². The van der Waals surface area contributed by atoms with Gasteiger partial charge >= 0.3 is 6.09 Å². The largest absolute Gasteiger partial charge is 0.444 e. The normalized spacial score (nSPS) is 25.8. The van der Waals surface area contributed by atoms with Crippen LogP contribution >= 0.6 is 0 Å². The van der Waals surface area contributed by atoms with Gasteiger partial charge in [0.05, 0.1) is 18.6 Å². The third kappa shape index (κ3) is 3.20. The Kier molecular flexibility index (Phi) is 3.80. The first kappa shape index (κ1) is 14.6. The summed E-state index contributed by atoms with van der Waals surface area (Å²) in [7, 11) is 0. The fraction of sp³-hybridized carbons (Fsp3) is 0.929. The van der Waals surface area contributed by atoms with E-state index in [9.17, 15) is 4.79 Å². The molecular weight excluding hydrogens is 244 g/mol. The number of nitrogens with one attached hydrogen (secondary N) is 1. The smallest absolute Gasteiger partial charge is 0.410 e. The molecule has 19 heavy (non-hydrogen) atoms. The maximum atomic E-state index is 12.2. The van der Waals surface area contributed by atoms with E-state index in [4.69, 9.17) is 9.47 Å². The lowest BCUT2D eigenvalue weighted by Gasteiger charge is -2.42. The number of ether oxygens (including phenoxy) is 2. The van der Waals surface area contributed by atoms with Crippen LogP contribution < -0.4 is 5.32 Å². The van der Waals surface area contributed by atoms with Gasteiger partial charge in [-0.2, -0.15) is 0 Å². The predicted molar refractivity (Wildman–Crippen MR) is 73.1 cm³/mol. The maximum Gasteiger partial charge on any atom is 0.410 e. The Balaban J connectivity index is 2.00. The quantitative estimate of drug-likeness (QED) is 0.828. The van der Waals surface area contributed by atoms with E-state index in [0.717, 1.165) is 19.8 Å². The highest BCUT2D eigenvalue weighted by molar-refractivity contribution is 5.69. The Hall–Kier alpha value is -0.810. The number of carbonyl (C=O) groups is 1. The molecule has 110 valence electrons. The molecule has 0 bridgehead atoms. The van der Waals surface area contributed by atoms with E-state index in [2.05, 4.69) is 19.2 Å². The number of nitrogens with zero attached hydrogens (tertiary/aromatic N) is 1. The Morgan fingerprint density at radius 3 is 2.47 bits per heavy atom. The molecule has 0 saturated carbocycles. The number of hydrogen-bond donors (Lipinski definition) is 1. The van der Waals surface area contributed by atoms with E-state index in [0.29, 0.717) is 18.6 Å². The standard InChI is InChI=1S/C14H26N2O3/c1-10(2)15-11-6-16(7-14(11)8-18-9-14)12(17)19-13(3,4)5/h10-11,15H,6-9H2,1-5H3. The Morgan fingerprint density at radius 2 is 2.05 bits per heavy atom. The number of amides is 1. The molecule has 0 radical (unpaired) electrons. The molecule has 1 spiro atoms. The molecule has 2 heterocycles. The lowest BCUT2D eigenvalue weighted by molar-refractivity contribution is -0.117. The molecular formula is C14H26N2O3. The summed E-state index contributed by atoms with van der Waals surface area (Å²) in [5.41, 5.74) is -0.356. The molecule has 0 aromatic heterocycles. The molecule has 2 aliphatic heterocycles. The van der Waals surface area contributed by atoms with Crippen LogP contribution in [-0.4, -0.2) is 55.0 Å². The molecule has 2 fully saturated rings. The van der Waals surface area contributed by atoms with Gasteiger partial charge in [0.1, 0.15) is 5.60 Å². The van der Waals surface area contributed by atoms with E-state index < -0.39 is 5.60 Å². The van der Waals surface area contributed by atoms with Gasteiger partial charge in [0.15, 0.2) is 0 Å². The average Bonchev–Trinajstić information content (AvgIpc) is 2.53. The zero-order valence-corrected chi connectivity index (χ0v) is 12.7. The second kappa shape index (κ2) is 4.94. The van der Waals surface area contributed by atoms with Gasteiger partial charge in [-0.15, -0.1) is 0 Å². The fourth-order valence-corrected chi connectivity index (χ4v) is 2.72. The molecule has 2 rings (SSSR count). The summed E-state index contributed by atoms with van der Waals surface area (Å²) in [5.74, 6) is 0. The lowest BCUT2D eigenvalue weighted by atomic mass is 9.81. The lowest BCUT2D eigenvalue weighted by Crippen LogP contribution is -2.57. The van der Waals surface area contributed by atoms with Crippen molar-refractivity contribution in [3.8, 4) is 0 Å². The molecule has 0 aromatic rings. The van der Waals surface area contributed by atoms with Crippen molar-refractivity contribution in [3.63, 3.8) is 0 Å². The van der Waals surface area contributed by atoms with Crippen LogP contribution in [0.15, 0.2) is 0 Å². The highest BCUT2D eigenvalue weighted by Gasteiger charge is 2.53. The number of carbonyl (C=O) groups excluding carboxylic acids is 1. The van der Waals surface area contributed by atoms with Crippen LogP contribution in [0.4, 0.5) is 4.79 Å². The van der Waals surface area contributed by atoms with Crippen molar-refractivity contribution in [3.05, 3.63) is 0 Å². The number of likely N-dealkylation sites (tertiary alicyclic amines) is 1. The summed E-state index contributed by atoms with van der Waals surface area (Å²) in [5, 5.41) is 3.55. The number of hydrogen-bond acceptors (Lipinski definition) is 4. The summed E-state index contributed by atoms with van der Waals surface area (Å²) in [6.45, 7) is 12.8. The van der Waals surface area contributed by atoms with Crippen molar-refractivity contribution >= 4 is 6.09 Å². The molecule has 0 aliphatic carbocycles. The fourth-order valence-electron chi connectivity index (χ4n) is 2.72. The van der Waals surface area contributed by atoms with Gasteiger partial charge in [0, 0.05) is 25.2 Å². The van der Waals surface area contributed by atoms with Crippen molar-refractivity contribution in [2.75, 3.05) is 26.3 Å². The van der Waals surface area contributed by atoms with E-state index in [1.807, 2.05) is 25.7 Å². The summed E-state index contributed by atoms with van der Waals surface area (Å²) < 4.78 is 10.8. The zero-order valence-electron chi connectivity index (χ0n) is 12.7. The Morgan fingerprint density at radius 1 is 1.42 bits per heavy atom. The second-order valence-electron chi connectivity index (χ2n) is 7.09. The van der Waals surface area contributed by atoms with Crippen molar-refractivity contribution in [2.24, 2.45) is 5.41 Å². The molecule has 2 saturated heterocycles. The molecule has 5 heteroatoms. The second-order valence-corrected chi connectivity index (χ2v) is 7.09. The molecule has 0 aromatic carbocycles. The van der Waals surface area contributed by atoms with Crippen LogP contribution in [0.1, 0.15) is 34.6 Å². The molecule has 1 atom stereocenters. The first-order valence-corrected chi connectivity index (χ1v) is 7.04. The molecule has 1 amide bonds. The summed E-state index contributed by atoms with van der Waals surface area (Å²) in [6, 6.07) is 0.704. The highest BCUT2D eigenvalue weighted by Crippen LogP contribution is 2.38. The molecule has 5 nitrogen and oxygen atoms in total.